The molecule has 0 radical (unpaired) electrons. The molecule has 23 N–H and O–H groups in total. The minimum absolute atomic E-state index is 0.00302. The topological polar surface area (TPSA) is 655 Å². The number of primary amides is 3. The number of aliphatic hydroxyl groups is 2. The molecule has 4 aliphatic rings. The number of aromatic hydroxyl groups is 1. The molecule has 4 aliphatic heterocycles. The standard InChI is InChI=1S/C88H119N23O21S/c1-6-8-19-66-80(124)98-47(3)75(119)106-65(76(120)96-41-73(91)117)44-133-45-74(118)99-61(31-48-22-24-52(113)25-23-48)86(130)110-30-28-92-40-70(110)83(127)104-63(36-72(90)116)87(131)109-29-14-21-67(109)81(125)102-60(34-51-39-93-46-97-51)78(122)100-58(26-27-71(89)115)85(129)111-42-53(114)35-69(111)82(126)101-59(32-49-37-94-56-17-12-10-15-54(49)56)77(121)105-64(43-112)79(123)103-62(33-50-38-95-57-18-13-11-16-55(50)57)84(128)108(5)68(20-9-7-2)88(132)107(66)4/h10-13,15-18,22-25,37-39,46-47,53,58-70,92,94-95,112-114H,6-9,14,19-21,26-36,40-45H2,1-5H3,(H2,89,115)(H2,90,116)(H2,91,117)(H,93,97)(H,96,120)(H,98,124)(H,99,118)(H,100,122)(H,101,126)(H,102,125)(H,103,123)(H,104,127)(H,105,121)(H,106,119)/t47-,53+,58-,59-,60-,61+,62-,63-,64-,65-,66-,67-,68-,69-,70-/m0/s1. The van der Waals surface area contributed by atoms with Crippen LogP contribution in [0.2, 0.25) is 0 Å². The van der Waals surface area contributed by atoms with Gasteiger partial charge in [-0.3, -0.25) is 86.3 Å². The van der Waals surface area contributed by atoms with Gasteiger partial charge in [0.2, 0.25) is 106 Å². The minimum atomic E-state index is -1.91. The number of aromatic amines is 3. The quantitative estimate of drug-likeness (QED) is 0.0286. The number of carbonyl (C=O) groups is 18. The number of nitrogens with one attached hydrogen (secondary N) is 14. The molecule has 133 heavy (non-hydrogen) atoms. The first-order chi connectivity index (χ1) is 63.6. The van der Waals surface area contributed by atoms with Crippen molar-refractivity contribution in [1.29, 1.82) is 0 Å². The molecule has 0 bridgehead atoms. The van der Waals surface area contributed by atoms with Gasteiger partial charge in [-0.15, -0.1) is 11.8 Å². The van der Waals surface area contributed by atoms with Crippen LogP contribution >= 0.6 is 11.8 Å². The van der Waals surface area contributed by atoms with Gasteiger partial charge in [-0.05, 0) is 80.0 Å². The lowest BCUT2D eigenvalue weighted by atomic mass is 10.00. The molecule has 15 atom stereocenters. The van der Waals surface area contributed by atoms with E-state index in [2.05, 4.69) is 78.4 Å². The summed E-state index contributed by atoms with van der Waals surface area (Å²) in [4.78, 5) is 281. The molecular weight excluding hydrogens is 1750 g/mol. The summed E-state index contributed by atoms with van der Waals surface area (Å²) in [7, 11) is 2.68. The number of phenols is 1. The number of H-pyrrole nitrogens is 3. The number of aromatic nitrogens is 4. The number of hydrogen-bond donors (Lipinski definition) is 20. The molecule has 718 valence electrons. The molecule has 0 aliphatic carbocycles. The Hall–Kier alpha value is -13.6. The van der Waals surface area contributed by atoms with E-state index in [0.717, 1.165) is 36.3 Å². The minimum Gasteiger partial charge on any atom is -0.508 e. The number of thioether (sulfide) groups is 1. The van der Waals surface area contributed by atoms with Crippen LogP contribution < -0.4 is 75.7 Å². The van der Waals surface area contributed by atoms with Crippen LogP contribution in [0.1, 0.15) is 120 Å². The molecule has 3 aromatic heterocycles. The number of nitrogens with two attached hydrogens (primary N) is 3. The van der Waals surface area contributed by atoms with E-state index in [1.807, 2.05) is 13.8 Å². The lowest BCUT2D eigenvalue weighted by Crippen LogP contribution is -2.65. The summed E-state index contributed by atoms with van der Waals surface area (Å²) in [5, 5.41) is 63.1. The van der Waals surface area contributed by atoms with Crippen molar-refractivity contribution in [3.63, 3.8) is 0 Å². The number of imidazole rings is 1. The number of aliphatic hydroxyl groups excluding tert-OH is 2. The van der Waals surface area contributed by atoms with Gasteiger partial charge in [0.1, 0.15) is 90.3 Å². The maximum Gasteiger partial charge on any atom is 0.246 e. The average Bonchev–Trinajstić information content (AvgIpc) is 1.64. The van der Waals surface area contributed by atoms with Gasteiger partial charge in [0.15, 0.2) is 0 Å². The Balaban J connectivity index is 1.01. The highest BCUT2D eigenvalue weighted by Gasteiger charge is 2.47. The summed E-state index contributed by atoms with van der Waals surface area (Å²) in [5.41, 5.74) is 19.7. The van der Waals surface area contributed by atoms with Crippen molar-refractivity contribution >= 4 is 140 Å². The van der Waals surface area contributed by atoms with Gasteiger partial charge in [-0.2, -0.15) is 0 Å². The Morgan fingerprint density at radius 1 is 0.534 bits per heavy atom. The average molecular weight is 1870 g/mol. The summed E-state index contributed by atoms with van der Waals surface area (Å²) in [5.74, 6) is -18.4. The van der Waals surface area contributed by atoms with Crippen LogP contribution in [0.15, 0.2) is 97.7 Å². The van der Waals surface area contributed by atoms with Crippen LogP contribution in [-0.4, -0.2) is 328 Å². The molecule has 18 amide bonds. The van der Waals surface area contributed by atoms with Gasteiger partial charge in [-0.25, -0.2) is 4.98 Å². The van der Waals surface area contributed by atoms with Crippen LogP contribution in [0.3, 0.4) is 0 Å². The summed E-state index contributed by atoms with van der Waals surface area (Å²) in [6.45, 7) is 2.08. The van der Waals surface area contributed by atoms with E-state index in [1.165, 1.54) is 57.8 Å². The van der Waals surface area contributed by atoms with Crippen LogP contribution in [0, 0.1) is 0 Å². The van der Waals surface area contributed by atoms with E-state index in [-0.39, 0.29) is 89.0 Å². The van der Waals surface area contributed by atoms with Gasteiger partial charge in [0.05, 0.1) is 37.8 Å². The molecule has 4 fully saturated rings. The number of phenolic OH excluding ortho intramolecular Hbond substituents is 1. The lowest BCUT2D eigenvalue weighted by Gasteiger charge is -2.38. The van der Waals surface area contributed by atoms with Gasteiger partial charge in [0.25, 0.3) is 0 Å². The highest BCUT2D eigenvalue weighted by Crippen LogP contribution is 2.28. The Morgan fingerprint density at radius 2 is 1.08 bits per heavy atom. The summed E-state index contributed by atoms with van der Waals surface area (Å²) >= 11 is 0.782. The largest absolute Gasteiger partial charge is 0.508 e. The third-order valence-corrected chi connectivity index (χ3v) is 25.0. The number of benzene rings is 3. The molecule has 44 nitrogen and oxygen atoms in total. The first-order valence-electron chi connectivity index (χ1n) is 44.3. The number of piperazine rings is 1. The Bertz CT molecular complexity index is 5210. The summed E-state index contributed by atoms with van der Waals surface area (Å²) in [6, 6.07) is -2.68. The molecule has 6 aromatic rings. The van der Waals surface area contributed by atoms with Gasteiger partial charge in [0, 0.05) is 137 Å². The second-order valence-corrected chi connectivity index (χ2v) is 34.7. The molecule has 0 spiro atoms. The SMILES string of the molecule is CCCC[C@H]1C(=O)N(C)[C@@H](CCCC)C(=O)N[C@@H](C)C(=O)N[C@H](C(=O)NCC(N)=O)CSCC(=O)N[C@H](Cc2ccc(O)cc2)C(=O)N2CCNC[C@H]2C(=O)N[C@@H](CC(N)=O)C(=O)N2CCC[C@H]2C(=O)N[C@@H](Cc2cnc[nH]2)C(=O)N[C@@H](CCC(N)=O)C(=O)N2C[C@H](O)C[C@H]2C(=O)N[C@@H](Cc2c[nH]c3ccccc23)C(=O)N[C@@H](CO)C(=O)N[C@@H](Cc2c[nH]c3ccccc23)C(=O)N1C. The van der Waals surface area contributed by atoms with Gasteiger partial charge in [-0.1, -0.05) is 88.1 Å². The number of nitrogens with zero attached hydrogens (tertiary/aromatic N) is 6. The lowest BCUT2D eigenvalue weighted by molar-refractivity contribution is -0.149. The number of likely N-dealkylation sites (N-methyl/N-ethyl adjacent to an activating group) is 2. The van der Waals surface area contributed by atoms with Crippen molar-refractivity contribution in [1.82, 2.24) is 103 Å². The molecule has 0 saturated carbocycles. The summed E-state index contributed by atoms with van der Waals surface area (Å²) in [6.07, 6.45) is 2.48. The van der Waals surface area contributed by atoms with Crippen molar-refractivity contribution in [2.24, 2.45) is 17.2 Å². The van der Waals surface area contributed by atoms with Crippen LogP contribution in [0.4, 0.5) is 0 Å². The molecule has 3 aromatic carbocycles. The number of hydrogen-bond acceptors (Lipinski definition) is 24. The number of fused-ring (bicyclic) bond motifs is 5. The molecule has 0 unspecified atom stereocenters. The third kappa shape index (κ3) is 27.3. The zero-order valence-electron chi connectivity index (χ0n) is 74.6. The number of unbranched alkanes of at least 4 members (excludes halogenated alkanes) is 2. The van der Waals surface area contributed by atoms with E-state index in [1.54, 1.807) is 60.9 Å². The van der Waals surface area contributed by atoms with E-state index in [4.69, 9.17) is 17.2 Å². The van der Waals surface area contributed by atoms with Crippen molar-refractivity contribution in [2.45, 2.75) is 214 Å². The number of carbonyl (C=O) groups excluding carboxylic acids is 18. The summed E-state index contributed by atoms with van der Waals surface area (Å²) < 4.78 is 0. The second kappa shape index (κ2) is 48.0. The molecule has 10 rings (SSSR count). The second-order valence-electron chi connectivity index (χ2n) is 33.7. The molecule has 45 heteroatoms. The van der Waals surface area contributed by atoms with E-state index < -0.39 is 254 Å². The smallest absolute Gasteiger partial charge is 0.246 e. The fraction of sp³-hybridized carbons (Fsp3) is 0.511. The van der Waals surface area contributed by atoms with Crippen LogP contribution in [0.5, 0.6) is 5.75 Å². The fourth-order valence-electron chi connectivity index (χ4n) is 16.7. The fourth-order valence-corrected chi connectivity index (χ4v) is 17.6. The normalized spacial score (nSPS) is 25.4. The van der Waals surface area contributed by atoms with Crippen molar-refractivity contribution < 1.29 is 102 Å². The zero-order chi connectivity index (χ0) is 96.4. The van der Waals surface area contributed by atoms with Crippen LogP contribution in [0.25, 0.3) is 21.8 Å². The number of para-hydroxylation sites is 2. The predicted octanol–water partition coefficient (Wildman–Crippen LogP) is -5.00. The predicted molar refractivity (Wildman–Crippen MR) is 481 cm³/mol. The third-order valence-electron chi connectivity index (χ3n) is 23.9. The first kappa shape index (κ1) is 102. The maximum absolute atomic E-state index is 15.6. The first-order valence-corrected chi connectivity index (χ1v) is 45.4. The highest BCUT2D eigenvalue weighted by atomic mass is 32.2. The van der Waals surface area contributed by atoms with E-state index >= 15 is 43.2 Å². The Labute approximate surface area is 769 Å². The van der Waals surface area contributed by atoms with Crippen molar-refractivity contribution in [2.75, 3.05) is 71.5 Å². The van der Waals surface area contributed by atoms with Gasteiger partial charge >= 0.3 is 0 Å². The maximum atomic E-state index is 15.6. The zero-order valence-corrected chi connectivity index (χ0v) is 75.4. The van der Waals surface area contributed by atoms with Gasteiger partial charge < -0.3 is 130 Å². The van der Waals surface area contributed by atoms with Crippen LogP contribution in [-0.2, 0) is 112 Å². The van der Waals surface area contributed by atoms with E-state index in [9.17, 15) is 58.5 Å². The molecule has 4 saturated heterocycles. The van der Waals surface area contributed by atoms with Crippen molar-refractivity contribution in [3.8, 4) is 5.75 Å². The van der Waals surface area contributed by atoms with Crippen molar-refractivity contribution in [3.05, 3.63) is 120 Å². The molecular formula is C88H119N23O21S. The Kier molecular flexibility index (Phi) is 36.7. The number of amides is 18. The molecule has 7 heterocycles. The Morgan fingerprint density at radius 3 is 1.70 bits per heavy atom. The van der Waals surface area contributed by atoms with E-state index in [0.29, 0.717) is 64.2 Å². The number of rotatable bonds is 23. The highest BCUT2D eigenvalue weighted by molar-refractivity contribution is 8.00. The monoisotopic (exact) mass is 1870 g/mol.